The van der Waals surface area contributed by atoms with Crippen LogP contribution in [0.5, 0.6) is 0 Å². The number of hydrogen-bond acceptors (Lipinski definition) is 9. The van der Waals surface area contributed by atoms with Gasteiger partial charge in [0.2, 0.25) is 11.8 Å². The Morgan fingerprint density at radius 1 is 1.14 bits per heavy atom. The second kappa shape index (κ2) is 11.1. The molecule has 2 saturated carbocycles. The first kappa shape index (κ1) is 27.8. The summed E-state index contributed by atoms with van der Waals surface area (Å²) in [4.78, 5) is 17.7. The summed E-state index contributed by atoms with van der Waals surface area (Å²) in [5, 5.41) is 38.2. The van der Waals surface area contributed by atoms with E-state index in [4.69, 9.17) is 4.42 Å². The van der Waals surface area contributed by atoms with Gasteiger partial charge < -0.3 is 20.2 Å². The molecule has 3 N–H and O–H groups in total. The zero-order valence-electron chi connectivity index (χ0n) is 23.5. The van der Waals surface area contributed by atoms with Gasteiger partial charge in [0.05, 0.1) is 52.1 Å². The Hall–Kier alpha value is -4.37. The van der Waals surface area contributed by atoms with E-state index in [0.717, 1.165) is 49.9 Å². The van der Waals surface area contributed by atoms with Gasteiger partial charge in [0.25, 0.3) is 5.91 Å². The van der Waals surface area contributed by atoms with Crippen molar-refractivity contribution in [3.63, 3.8) is 0 Å². The molecule has 0 aromatic carbocycles. The Morgan fingerprint density at radius 3 is 2.48 bits per heavy atom. The molecule has 1 atom stereocenters. The maximum absolute atomic E-state index is 14.4. The fraction of sp³-hybridized carbons (Fsp3) is 0.467. The van der Waals surface area contributed by atoms with Crippen LogP contribution in [0.1, 0.15) is 91.9 Å². The van der Waals surface area contributed by atoms with Gasteiger partial charge in [-0.2, -0.15) is 10.4 Å². The van der Waals surface area contributed by atoms with Crippen molar-refractivity contribution in [2.24, 2.45) is 0 Å². The van der Waals surface area contributed by atoms with Gasteiger partial charge in [-0.1, -0.05) is 0 Å². The maximum Gasteiger partial charge on any atom is 0.255 e. The summed E-state index contributed by atoms with van der Waals surface area (Å²) >= 11 is 0. The molecule has 0 spiro atoms. The van der Waals surface area contributed by atoms with Crippen molar-refractivity contribution >= 4 is 17.1 Å². The molecule has 0 aliphatic heterocycles. The van der Waals surface area contributed by atoms with Crippen LogP contribution in [0.2, 0.25) is 0 Å². The standard InChI is InChI=1S/C30H33FN8O3/c1-30(2,41)26(31)16-34-27(40)22-15-33-24(25-10-9-21-11-17(13-32)14-35-39(21)25)12-23(22)36-20-7-5-19(6-8-20)29-38-37-28(42-29)18-3-4-18/h9-12,14-15,18-20,26,41H,3-8,16H2,1-2H3,(H,33,36)(H,34,40)/t19-,20-,26-/m1/s1. The highest BCUT2D eigenvalue weighted by molar-refractivity contribution is 6.00. The number of pyridine rings is 1. The zero-order chi connectivity index (χ0) is 29.4. The van der Waals surface area contributed by atoms with Crippen LogP contribution in [0.15, 0.2) is 41.1 Å². The van der Waals surface area contributed by atoms with E-state index in [0.29, 0.717) is 34.4 Å². The first-order chi connectivity index (χ1) is 20.2. The Bertz CT molecular complexity index is 1640. The summed E-state index contributed by atoms with van der Waals surface area (Å²) in [6, 6.07) is 9.42. The summed E-state index contributed by atoms with van der Waals surface area (Å²) in [6.07, 6.45) is 6.95. The lowest BCUT2D eigenvalue weighted by Gasteiger charge is -2.29. The van der Waals surface area contributed by atoms with Crippen LogP contribution in [0.25, 0.3) is 16.9 Å². The average molecular weight is 573 g/mol. The third-order valence-corrected chi connectivity index (χ3v) is 8.07. The number of rotatable bonds is 9. The van der Waals surface area contributed by atoms with Gasteiger partial charge in [0.15, 0.2) is 0 Å². The summed E-state index contributed by atoms with van der Waals surface area (Å²) < 4.78 is 22.0. The van der Waals surface area contributed by atoms with Gasteiger partial charge in [-0.3, -0.25) is 9.78 Å². The molecule has 6 rings (SSSR count). The number of carbonyl (C=O) groups excluding carboxylic acids is 1. The number of aliphatic hydroxyl groups is 1. The van der Waals surface area contributed by atoms with E-state index in [-0.39, 0.29) is 24.1 Å². The van der Waals surface area contributed by atoms with Gasteiger partial charge in [0, 0.05) is 24.1 Å². The van der Waals surface area contributed by atoms with Crippen molar-refractivity contribution in [1.29, 1.82) is 5.26 Å². The van der Waals surface area contributed by atoms with Crippen molar-refractivity contribution in [3.8, 4) is 17.5 Å². The third-order valence-electron chi connectivity index (χ3n) is 8.07. The molecule has 42 heavy (non-hydrogen) atoms. The molecule has 2 fully saturated rings. The lowest BCUT2D eigenvalue weighted by atomic mass is 9.85. The molecule has 11 nitrogen and oxygen atoms in total. The fourth-order valence-electron chi connectivity index (χ4n) is 5.29. The van der Waals surface area contributed by atoms with Crippen LogP contribution in [0, 0.1) is 11.3 Å². The highest BCUT2D eigenvalue weighted by Crippen LogP contribution is 2.41. The summed E-state index contributed by atoms with van der Waals surface area (Å²) in [7, 11) is 0. The molecule has 4 heterocycles. The molecule has 4 aromatic rings. The molecular weight excluding hydrogens is 539 g/mol. The minimum atomic E-state index is -1.64. The topological polar surface area (TPSA) is 154 Å². The van der Waals surface area contributed by atoms with E-state index in [2.05, 4.69) is 37.0 Å². The van der Waals surface area contributed by atoms with E-state index in [1.54, 1.807) is 16.6 Å². The predicted octanol–water partition coefficient (Wildman–Crippen LogP) is 4.51. The van der Waals surface area contributed by atoms with Crippen LogP contribution in [0.4, 0.5) is 10.1 Å². The van der Waals surface area contributed by atoms with E-state index >= 15 is 0 Å². The number of amides is 1. The van der Waals surface area contributed by atoms with Crippen LogP contribution in [-0.4, -0.2) is 60.2 Å². The Labute approximate surface area is 242 Å². The van der Waals surface area contributed by atoms with Crippen molar-refractivity contribution in [3.05, 3.63) is 59.6 Å². The second-order valence-electron chi connectivity index (χ2n) is 11.8. The number of alkyl halides is 1. The molecular formula is C30H33FN8O3. The number of nitriles is 1. The normalized spacial score (nSPS) is 19.8. The second-order valence-corrected chi connectivity index (χ2v) is 11.8. The molecule has 2 aliphatic rings. The number of aromatic nitrogens is 5. The third kappa shape index (κ3) is 5.83. The Balaban J connectivity index is 1.23. The van der Waals surface area contributed by atoms with Gasteiger partial charge in [-0.15, -0.1) is 10.2 Å². The largest absolute Gasteiger partial charge is 0.425 e. The first-order valence-electron chi connectivity index (χ1n) is 14.3. The quantitative estimate of drug-likeness (QED) is 0.263. The van der Waals surface area contributed by atoms with E-state index in [1.807, 2.05) is 12.1 Å². The molecule has 0 bridgehead atoms. The van der Waals surface area contributed by atoms with Crippen molar-refractivity contribution in [2.45, 2.75) is 82.0 Å². The molecule has 4 aromatic heterocycles. The number of hydrogen-bond donors (Lipinski definition) is 3. The minimum absolute atomic E-state index is 0.0829. The zero-order valence-corrected chi connectivity index (χ0v) is 23.5. The average Bonchev–Trinajstić information content (AvgIpc) is 3.56. The number of fused-ring (bicyclic) bond motifs is 1. The molecule has 0 radical (unpaired) electrons. The SMILES string of the molecule is CC(C)(O)[C@H](F)CNC(=O)c1cnc(-c2ccc3cc(C#N)cnn23)cc1N[C@H]1CC[C@H](c2nnc(C3CC3)o2)CC1. The summed E-state index contributed by atoms with van der Waals surface area (Å²) in [5.74, 6) is 1.60. The van der Waals surface area contributed by atoms with Crippen molar-refractivity contribution in [1.82, 2.24) is 30.1 Å². The smallest absolute Gasteiger partial charge is 0.255 e. The molecule has 218 valence electrons. The van der Waals surface area contributed by atoms with Gasteiger partial charge >= 0.3 is 0 Å². The van der Waals surface area contributed by atoms with Gasteiger partial charge in [-0.25, -0.2) is 8.91 Å². The minimum Gasteiger partial charge on any atom is -0.425 e. The lowest BCUT2D eigenvalue weighted by molar-refractivity contribution is -0.00177. The molecule has 1 amide bonds. The van der Waals surface area contributed by atoms with Gasteiger partial charge in [0.1, 0.15) is 12.2 Å². The summed E-state index contributed by atoms with van der Waals surface area (Å²) in [6.45, 7) is 2.39. The lowest BCUT2D eigenvalue weighted by Crippen LogP contribution is -2.42. The van der Waals surface area contributed by atoms with E-state index < -0.39 is 17.7 Å². The number of halogens is 1. The van der Waals surface area contributed by atoms with Crippen molar-refractivity contribution < 1.29 is 18.7 Å². The first-order valence-corrected chi connectivity index (χ1v) is 14.3. The summed E-state index contributed by atoms with van der Waals surface area (Å²) in [5.41, 5.74) is 1.73. The maximum atomic E-state index is 14.4. The monoisotopic (exact) mass is 572 g/mol. The van der Waals surface area contributed by atoms with Crippen LogP contribution < -0.4 is 10.6 Å². The van der Waals surface area contributed by atoms with Crippen molar-refractivity contribution in [2.75, 3.05) is 11.9 Å². The number of nitrogens with one attached hydrogen (secondary N) is 2. The fourth-order valence-corrected chi connectivity index (χ4v) is 5.29. The highest BCUT2D eigenvalue weighted by atomic mass is 19.1. The number of carbonyl (C=O) groups is 1. The van der Waals surface area contributed by atoms with Gasteiger partial charge in [-0.05, 0) is 76.6 Å². The molecule has 0 saturated heterocycles. The highest BCUT2D eigenvalue weighted by Gasteiger charge is 2.32. The predicted molar refractivity (Wildman–Crippen MR) is 152 cm³/mol. The molecule has 12 heteroatoms. The van der Waals surface area contributed by atoms with Crippen LogP contribution in [0.3, 0.4) is 0 Å². The Morgan fingerprint density at radius 2 is 1.83 bits per heavy atom. The van der Waals surface area contributed by atoms with E-state index in [9.17, 15) is 19.6 Å². The molecule has 2 aliphatic carbocycles. The number of nitrogens with zero attached hydrogens (tertiary/aromatic N) is 6. The van der Waals surface area contributed by atoms with Crippen LogP contribution >= 0.6 is 0 Å². The number of anilines is 1. The van der Waals surface area contributed by atoms with Crippen LogP contribution in [-0.2, 0) is 0 Å². The Kier molecular flexibility index (Phi) is 7.36. The van der Waals surface area contributed by atoms with E-state index in [1.165, 1.54) is 26.2 Å². The molecule has 0 unspecified atom stereocenters.